The van der Waals surface area contributed by atoms with Crippen LogP contribution in [0.2, 0.25) is 0 Å². The number of aromatic amines is 1. The Morgan fingerprint density at radius 3 is 3.00 bits per heavy atom. The van der Waals surface area contributed by atoms with E-state index in [9.17, 15) is 4.79 Å². The smallest absolute Gasteiger partial charge is 0.231 e. The molecule has 0 spiro atoms. The van der Waals surface area contributed by atoms with Gasteiger partial charge in [0.15, 0.2) is 0 Å². The standard InChI is InChI=1S/C18H16N2O/c21-18(20-10-8-15-3-1-2-4-17(15)20)12-13-5-6-14-7-9-19-16(14)11-13/h1-7,9,11,19H,8,10,12H2. The van der Waals surface area contributed by atoms with E-state index in [4.69, 9.17) is 0 Å². The number of nitrogens with one attached hydrogen (secondary N) is 1. The number of carbonyl (C=O) groups is 1. The first kappa shape index (κ1) is 12.2. The third-order valence-electron chi connectivity index (χ3n) is 4.16. The summed E-state index contributed by atoms with van der Waals surface area (Å²) in [5.41, 5.74) is 4.48. The highest BCUT2D eigenvalue weighted by molar-refractivity contribution is 5.97. The summed E-state index contributed by atoms with van der Waals surface area (Å²) in [6, 6.07) is 16.4. The van der Waals surface area contributed by atoms with Crippen molar-refractivity contribution >= 4 is 22.5 Å². The second-order valence-electron chi connectivity index (χ2n) is 5.50. The van der Waals surface area contributed by atoms with Gasteiger partial charge in [-0.05, 0) is 41.1 Å². The highest BCUT2D eigenvalue weighted by Gasteiger charge is 2.23. The molecule has 104 valence electrons. The van der Waals surface area contributed by atoms with Crippen molar-refractivity contribution in [2.75, 3.05) is 11.4 Å². The topological polar surface area (TPSA) is 36.1 Å². The number of carbonyl (C=O) groups excluding carboxylic acids is 1. The van der Waals surface area contributed by atoms with Crippen molar-refractivity contribution in [1.82, 2.24) is 4.98 Å². The molecule has 0 radical (unpaired) electrons. The lowest BCUT2D eigenvalue weighted by Gasteiger charge is -2.17. The van der Waals surface area contributed by atoms with Gasteiger partial charge in [0, 0.05) is 23.9 Å². The van der Waals surface area contributed by atoms with Crippen molar-refractivity contribution in [2.24, 2.45) is 0 Å². The van der Waals surface area contributed by atoms with Gasteiger partial charge in [-0.3, -0.25) is 4.79 Å². The van der Waals surface area contributed by atoms with Gasteiger partial charge in [0.1, 0.15) is 0 Å². The average Bonchev–Trinajstić information content (AvgIpc) is 3.13. The number of H-pyrrole nitrogens is 1. The van der Waals surface area contributed by atoms with Crippen LogP contribution >= 0.6 is 0 Å². The predicted octanol–water partition coefficient (Wildman–Crippen LogP) is 3.30. The second-order valence-corrected chi connectivity index (χ2v) is 5.50. The van der Waals surface area contributed by atoms with Gasteiger partial charge in [-0.25, -0.2) is 0 Å². The minimum Gasteiger partial charge on any atom is -0.361 e. The third-order valence-corrected chi connectivity index (χ3v) is 4.16. The fourth-order valence-electron chi connectivity index (χ4n) is 3.07. The molecular weight excluding hydrogens is 260 g/mol. The van der Waals surface area contributed by atoms with Crippen molar-refractivity contribution in [3.05, 3.63) is 65.9 Å². The van der Waals surface area contributed by atoms with Crippen LogP contribution in [-0.4, -0.2) is 17.4 Å². The minimum absolute atomic E-state index is 0.172. The molecule has 0 fully saturated rings. The zero-order valence-corrected chi connectivity index (χ0v) is 11.7. The molecule has 1 aliphatic heterocycles. The molecule has 0 saturated carbocycles. The van der Waals surface area contributed by atoms with E-state index in [1.165, 1.54) is 10.9 Å². The van der Waals surface area contributed by atoms with Crippen LogP contribution in [0.15, 0.2) is 54.7 Å². The largest absolute Gasteiger partial charge is 0.361 e. The Kier molecular flexibility index (Phi) is 2.78. The summed E-state index contributed by atoms with van der Waals surface area (Å²) in [6.45, 7) is 0.795. The van der Waals surface area contributed by atoms with Crippen LogP contribution in [0.3, 0.4) is 0 Å². The first-order valence-corrected chi connectivity index (χ1v) is 7.25. The van der Waals surface area contributed by atoms with Gasteiger partial charge in [-0.1, -0.05) is 30.3 Å². The SMILES string of the molecule is O=C(Cc1ccc2cc[nH]c2c1)N1CCc2ccccc21. The van der Waals surface area contributed by atoms with Crippen molar-refractivity contribution in [3.8, 4) is 0 Å². The monoisotopic (exact) mass is 276 g/mol. The molecule has 0 bridgehead atoms. The maximum atomic E-state index is 12.6. The summed E-state index contributed by atoms with van der Waals surface area (Å²) in [5, 5.41) is 1.18. The molecule has 2 aromatic carbocycles. The summed E-state index contributed by atoms with van der Waals surface area (Å²) in [4.78, 5) is 17.7. The number of hydrogen-bond donors (Lipinski definition) is 1. The molecule has 0 atom stereocenters. The summed E-state index contributed by atoms with van der Waals surface area (Å²) < 4.78 is 0. The van der Waals surface area contributed by atoms with Crippen LogP contribution in [0, 0.1) is 0 Å². The van der Waals surface area contributed by atoms with Crippen LogP contribution in [0.4, 0.5) is 5.69 Å². The summed E-state index contributed by atoms with van der Waals surface area (Å²) in [5.74, 6) is 0.172. The fraction of sp³-hybridized carbons (Fsp3) is 0.167. The zero-order valence-electron chi connectivity index (χ0n) is 11.7. The van der Waals surface area contributed by atoms with E-state index < -0.39 is 0 Å². The molecular formula is C18H16N2O. The first-order valence-electron chi connectivity index (χ1n) is 7.25. The van der Waals surface area contributed by atoms with Crippen LogP contribution in [0.25, 0.3) is 10.9 Å². The van der Waals surface area contributed by atoms with Crippen LogP contribution < -0.4 is 4.90 Å². The van der Waals surface area contributed by atoms with Gasteiger partial charge < -0.3 is 9.88 Å². The van der Waals surface area contributed by atoms with E-state index in [0.29, 0.717) is 6.42 Å². The molecule has 0 unspecified atom stereocenters. The Labute approximate surface area is 123 Å². The first-order chi connectivity index (χ1) is 10.3. The Morgan fingerprint density at radius 1 is 1.14 bits per heavy atom. The quantitative estimate of drug-likeness (QED) is 0.766. The number of rotatable bonds is 2. The Morgan fingerprint density at radius 2 is 2.05 bits per heavy atom. The molecule has 3 heteroatoms. The van der Waals surface area contributed by atoms with Crippen molar-refractivity contribution in [2.45, 2.75) is 12.8 Å². The summed E-state index contributed by atoms with van der Waals surface area (Å²) >= 11 is 0. The van der Waals surface area contributed by atoms with Crippen molar-refractivity contribution in [3.63, 3.8) is 0 Å². The van der Waals surface area contributed by atoms with Crippen LogP contribution in [0.5, 0.6) is 0 Å². The lowest BCUT2D eigenvalue weighted by molar-refractivity contribution is -0.117. The fourth-order valence-corrected chi connectivity index (χ4v) is 3.07. The summed E-state index contributed by atoms with van der Waals surface area (Å²) in [7, 11) is 0. The zero-order chi connectivity index (χ0) is 14.2. The van der Waals surface area contributed by atoms with Crippen molar-refractivity contribution in [1.29, 1.82) is 0 Å². The average molecular weight is 276 g/mol. The number of anilines is 1. The maximum Gasteiger partial charge on any atom is 0.231 e. The van der Waals surface area contributed by atoms with E-state index in [1.807, 2.05) is 41.4 Å². The van der Waals surface area contributed by atoms with Crippen LogP contribution in [0.1, 0.15) is 11.1 Å². The number of aromatic nitrogens is 1. The number of fused-ring (bicyclic) bond motifs is 2. The number of amides is 1. The molecule has 1 amide bonds. The molecule has 0 aliphatic carbocycles. The lowest BCUT2D eigenvalue weighted by atomic mass is 10.1. The highest BCUT2D eigenvalue weighted by Crippen LogP contribution is 2.28. The van der Waals surface area contributed by atoms with Gasteiger partial charge in [0.05, 0.1) is 6.42 Å². The molecule has 3 nitrogen and oxygen atoms in total. The molecule has 2 heterocycles. The van der Waals surface area contributed by atoms with Gasteiger partial charge in [0.2, 0.25) is 5.91 Å². The molecule has 3 aromatic rings. The predicted molar refractivity (Wildman–Crippen MR) is 84.5 cm³/mol. The van der Waals surface area contributed by atoms with Gasteiger partial charge in [0.25, 0.3) is 0 Å². The number of para-hydroxylation sites is 1. The second kappa shape index (κ2) is 4.77. The molecule has 1 aromatic heterocycles. The van der Waals surface area contributed by atoms with E-state index in [2.05, 4.69) is 23.2 Å². The Balaban J connectivity index is 1.58. The number of nitrogens with zero attached hydrogens (tertiary/aromatic N) is 1. The molecule has 1 N–H and O–H groups in total. The van der Waals surface area contributed by atoms with Gasteiger partial charge in [-0.15, -0.1) is 0 Å². The lowest BCUT2D eigenvalue weighted by Crippen LogP contribution is -2.30. The minimum atomic E-state index is 0.172. The highest BCUT2D eigenvalue weighted by atomic mass is 16.2. The van der Waals surface area contributed by atoms with Crippen molar-refractivity contribution < 1.29 is 4.79 Å². The molecule has 0 saturated heterocycles. The van der Waals surface area contributed by atoms with E-state index in [1.54, 1.807) is 0 Å². The normalized spacial score (nSPS) is 13.6. The summed E-state index contributed by atoms with van der Waals surface area (Å²) in [6.07, 6.45) is 3.33. The van der Waals surface area contributed by atoms with Gasteiger partial charge in [-0.2, -0.15) is 0 Å². The number of benzene rings is 2. The Bertz CT molecular complexity index is 819. The molecule has 21 heavy (non-hydrogen) atoms. The van der Waals surface area contributed by atoms with Crippen LogP contribution in [-0.2, 0) is 17.6 Å². The van der Waals surface area contributed by atoms with E-state index >= 15 is 0 Å². The molecule has 1 aliphatic rings. The van der Waals surface area contributed by atoms with E-state index in [0.717, 1.165) is 29.7 Å². The molecule has 4 rings (SSSR count). The van der Waals surface area contributed by atoms with Gasteiger partial charge >= 0.3 is 0 Å². The Hall–Kier alpha value is -2.55. The van der Waals surface area contributed by atoms with E-state index in [-0.39, 0.29) is 5.91 Å². The third kappa shape index (κ3) is 2.11. The maximum absolute atomic E-state index is 12.6. The number of hydrogen-bond acceptors (Lipinski definition) is 1.